The van der Waals surface area contributed by atoms with Crippen LogP contribution in [0.1, 0.15) is 23.2 Å². The van der Waals surface area contributed by atoms with Gasteiger partial charge in [-0.15, -0.1) is 0 Å². The Morgan fingerprint density at radius 3 is 2.38 bits per heavy atom. The van der Waals surface area contributed by atoms with Crippen LogP contribution >= 0.6 is 11.6 Å². The number of nitrogens with one attached hydrogen (secondary N) is 1. The third-order valence-electron chi connectivity index (χ3n) is 3.80. The van der Waals surface area contributed by atoms with Crippen LogP contribution in [-0.2, 0) is 10.0 Å². The zero-order valence-corrected chi connectivity index (χ0v) is 14.5. The fourth-order valence-corrected chi connectivity index (χ4v) is 3.63. The number of halogens is 1. The monoisotopic (exact) mass is 365 g/mol. The quantitative estimate of drug-likeness (QED) is 0.791. The molecule has 1 aliphatic carbocycles. The predicted molar refractivity (Wildman–Crippen MR) is 92.3 cm³/mol. The molecule has 0 unspecified atom stereocenters. The highest BCUT2D eigenvalue weighted by atomic mass is 35.5. The zero-order valence-electron chi connectivity index (χ0n) is 13.0. The lowest BCUT2D eigenvalue weighted by molar-refractivity contribution is 0.0967. The van der Waals surface area contributed by atoms with Gasteiger partial charge in [0.05, 0.1) is 22.7 Å². The molecular weight excluding hydrogens is 350 g/mol. The lowest BCUT2D eigenvalue weighted by Gasteiger charge is -2.10. The van der Waals surface area contributed by atoms with Crippen molar-refractivity contribution in [3.05, 3.63) is 53.1 Å². The summed E-state index contributed by atoms with van der Waals surface area (Å²) in [5.41, 5.74) is 0.878. The standard InChI is InChI=1S/C17H16ClNO4S/c1-23-16-9-6-13(10-15(16)18)19-24(21,22)14-7-4-12(5-8-14)17(20)11-2-3-11/h4-11,19H,2-3H2,1H3. The van der Waals surface area contributed by atoms with Crippen LogP contribution in [0.25, 0.3) is 0 Å². The first-order valence-electron chi connectivity index (χ1n) is 7.41. The van der Waals surface area contributed by atoms with Crippen LogP contribution in [0.15, 0.2) is 47.4 Å². The SMILES string of the molecule is COc1ccc(NS(=O)(=O)c2ccc(C(=O)C3CC3)cc2)cc1Cl. The summed E-state index contributed by atoms with van der Waals surface area (Å²) in [5, 5.41) is 0.308. The van der Waals surface area contributed by atoms with Crippen molar-refractivity contribution in [1.82, 2.24) is 0 Å². The Labute approximate surface area is 145 Å². The molecule has 0 spiro atoms. The number of ether oxygens (including phenoxy) is 1. The normalized spacial score (nSPS) is 14.2. The highest BCUT2D eigenvalue weighted by Crippen LogP contribution is 2.33. The number of ketones is 1. The molecule has 2 aromatic carbocycles. The predicted octanol–water partition coefficient (Wildman–Crippen LogP) is 3.74. The van der Waals surface area contributed by atoms with Crippen molar-refractivity contribution >= 4 is 33.1 Å². The zero-order chi connectivity index (χ0) is 17.3. The van der Waals surface area contributed by atoms with Crippen LogP contribution in [0, 0.1) is 5.92 Å². The number of hydrogen-bond donors (Lipinski definition) is 1. The molecule has 3 rings (SSSR count). The van der Waals surface area contributed by atoms with Crippen LogP contribution in [0.3, 0.4) is 0 Å². The van der Waals surface area contributed by atoms with Gasteiger partial charge in [-0.1, -0.05) is 23.7 Å². The maximum Gasteiger partial charge on any atom is 0.261 e. The van der Waals surface area contributed by atoms with Crippen molar-refractivity contribution in [2.75, 3.05) is 11.8 Å². The van der Waals surface area contributed by atoms with Crippen LogP contribution in [0.5, 0.6) is 5.75 Å². The molecule has 1 aliphatic rings. The van der Waals surface area contributed by atoms with E-state index in [1.807, 2.05) is 0 Å². The van der Waals surface area contributed by atoms with Gasteiger partial charge in [-0.25, -0.2) is 8.42 Å². The summed E-state index contributed by atoms with van der Waals surface area (Å²) in [5.74, 6) is 0.642. The Morgan fingerprint density at radius 1 is 1.17 bits per heavy atom. The Balaban J connectivity index is 1.79. The van der Waals surface area contributed by atoms with E-state index in [2.05, 4.69) is 4.72 Å². The van der Waals surface area contributed by atoms with E-state index >= 15 is 0 Å². The van der Waals surface area contributed by atoms with E-state index in [0.29, 0.717) is 22.0 Å². The topological polar surface area (TPSA) is 72.5 Å². The van der Waals surface area contributed by atoms with Crippen LogP contribution in [0.4, 0.5) is 5.69 Å². The molecule has 2 aromatic rings. The van der Waals surface area contributed by atoms with E-state index in [-0.39, 0.29) is 16.6 Å². The molecule has 0 saturated heterocycles. The molecule has 1 saturated carbocycles. The third kappa shape index (κ3) is 3.55. The molecule has 7 heteroatoms. The van der Waals surface area contributed by atoms with Crippen molar-refractivity contribution in [2.24, 2.45) is 5.92 Å². The van der Waals surface area contributed by atoms with E-state index in [4.69, 9.17) is 16.3 Å². The number of carbonyl (C=O) groups excluding carboxylic acids is 1. The lowest BCUT2D eigenvalue weighted by Crippen LogP contribution is -2.13. The molecule has 126 valence electrons. The number of rotatable bonds is 6. The smallest absolute Gasteiger partial charge is 0.261 e. The Morgan fingerprint density at radius 2 is 1.83 bits per heavy atom. The van der Waals surface area contributed by atoms with E-state index in [9.17, 15) is 13.2 Å². The molecule has 0 heterocycles. The molecule has 0 aliphatic heterocycles. The van der Waals surface area contributed by atoms with Crippen molar-refractivity contribution in [1.29, 1.82) is 0 Å². The number of benzene rings is 2. The Hall–Kier alpha value is -2.05. The molecular formula is C17H16ClNO4S. The molecule has 0 amide bonds. The summed E-state index contributed by atoms with van der Waals surface area (Å²) >= 11 is 6.00. The van der Waals surface area contributed by atoms with Crippen molar-refractivity contribution in [3.63, 3.8) is 0 Å². The highest BCUT2D eigenvalue weighted by molar-refractivity contribution is 7.92. The van der Waals surface area contributed by atoms with E-state index in [1.165, 1.54) is 25.3 Å². The summed E-state index contributed by atoms with van der Waals surface area (Å²) in [6, 6.07) is 10.6. The van der Waals surface area contributed by atoms with Gasteiger partial charge in [-0.2, -0.15) is 0 Å². The van der Waals surface area contributed by atoms with Gasteiger partial charge in [-0.05, 0) is 43.2 Å². The third-order valence-corrected chi connectivity index (χ3v) is 5.49. The molecule has 0 bridgehead atoms. The van der Waals surface area contributed by atoms with Gasteiger partial charge >= 0.3 is 0 Å². The molecule has 0 aromatic heterocycles. The van der Waals surface area contributed by atoms with E-state index in [0.717, 1.165) is 12.8 Å². The number of sulfonamides is 1. The van der Waals surface area contributed by atoms with Gasteiger partial charge in [0.25, 0.3) is 10.0 Å². The van der Waals surface area contributed by atoms with Gasteiger partial charge in [0.2, 0.25) is 0 Å². The number of anilines is 1. The van der Waals surface area contributed by atoms with Crippen molar-refractivity contribution in [3.8, 4) is 5.75 Å². The number of Topliss-reactive ketones (excluding diaryl/α,β-unsaturated/α-hetero) is 1. The maximum absolute atomic E-state index is 12.4. The first-order chi connectivity index (χ1) is 11.4. The molecule has 24 heavy (non-hydrogen) atoms. The summed E-state index contributed by atoms with van der Waals surface area (Å²) in [6.45, 7) is 0. The molecule has 1 fully saturated rings. The second-order valence-corrected chi connectivity index (χ2v) is 7.71. The second-order valence-electron chi connectivity index (χ2n) is 5.62. The average Bonchev–Trinajstić information content (AvgIpc) is 3.39. The number of carbonyl (C=O) groups is 1. The maximum atomic E-state index is 12.4. The number of methoxy groups -OCH3 is 1. The second kappa shape index (κ2) is 6.45. The summed E-state index contributed by atoms with van der Waals surface area (Å²) in [7, 11) is -2.28. The largest absolute Gasteiger partial charge is 0.495 e. The summed E-state index contributed by atoms with van der Waals surface area (Å²) in [6.07, 6.45) is 1.83. The molecule has 5 nitrogen and oxygen atoms in total. The lowest BCUT2D eigenvalue weighted by atomic mass is 10.1. The molecule has 1 N–H and O–H groups in total. The number of hydrogen-bond acceptors (Lipinski definition) is 4. The van der Waals surface area contributed by atoms with E-state index < -0.39 is 10.0 Å². The van der Waals surface area contributed by atoms with Gasteiger partial charge in [-0.3, -0.25) is 9.52 Å². The van der Waals surface area contributed by atoms with Crippen molar-refractivity contribution in [2.45, 2.75) is 17.7 Å². The van der Waals surface area contributed by atoms with Crippen LogP contribution < -0.4 is 9.46 Å². The summed E-state index contributed by atoms with van der Waals surface area (Å²) in [4.78, 5) is 12.1. The van der Waals surface area contributed by atoms with Crippen LogP contribution in [-0.4, -0.2) is 21.3 Å². The minimum atomic E-state index is -3.76. The van der Waals surface area contributed by atoms with Crippen molar-refractivity contribution < 1.29 is 17.9 Å². The van der Waals surface area contributed by atoms with Gasteiger partial charge in [0.1, 0.15) is 5.75 Å². The molecule has 0 radical (unpaired) electrons. The minimum absolute atomic E-state index is 0.0776. The fraction of sp³-hybridized carbons (Fsp3) is 0.235. The fourth-order valence-electron chi connectivity index (χ4n) is 2.32. The minimum Gasteiger partial charge on any atom is -0.495 e. The van der Waals surface area contributed by atoms with E-state index in [1.54, 1.807) is 24.3 Å². The van der Waals surface area contributed by atoms with Crippen LogP contribution in [0.2, 0.25) is 5.02 Å². The highest BCUT2D eigenvalue weighted by Gasteiger charge is 2.30. The van der Waals surface area contributed by atoms with Gasteiger partial charge in [0, 0.05) is 11.5 Å². The molecule has 0 atom stereocenters. The first-order valence-corrected chi connectivity index (χ1v) is 9.27. The Bertz CT molecular complexity index is 874. The van der Waals surface area contributed by atoms with Gasteiger partial charge in [0.15, 0.2) is 5.78 Å². The first kappa shape index (κ1) is 16.8. The average molecular weight is 366 g/mol. The Kier molecular flexibility index (Phi) is 4.51. The summed E-state index contributed by atoms with van der Waals surface area (Å²) < 4.78 is 32.3. The van der Waals surface area contributed by atoms with Gasteiger partial charge < -0.3 is 4.74 Å².